The van der Waals surface area contributed by atoms with Crippen LogP contribution < -0.4 is 4.90 Å². The lowest BCUT2D eigenvalue weighted by molar-refractivity contribution is -0.123. The van der Waals surface area contributed by atoms with Gasteiger partial charge in [0, 0.05) is 28.8 Å². The highest BCUT2D eigenvalue weighted by atomic mass is 16.4. The molecule has 0 spiro atoms. The van der Waals surface area contributed by atoms with Gasteiger partial charge in [0.25, 0.3) is 0 Å². The Morgan fingerprint density at radius 3 is 2.38 bits per heavy atom. The minimum atomic E-state index is -1.04. The molecule has 1 aromatic heterocycles. The van der Waals surface area contributed by atoms with Crippen molar-refractivity contribution in [3.8, 4) is 0 Å². The fourth-order valence-electron chi connectivity index (χ4n) is 4.49. The summed E-state index contributed by atoms with van der Waals surface area (Å²) in [6.45, 7) is 6.08. The molecule has 2 aromatic carbocycles. The second-order valence-electron chi connectivity index (χ2n) is 8.53. The number of anilines is 1. The first-order valence-electron chi connectivity index (χ1n) is 10.4. The van der Waals surface area contributed by atoms with Crippen LogP contribution in [0.3, 0.4) is 0 Å². The zero-order valence-corrected chi connectivity index (χ0v) is 17.1. The number of hydrogen-bond donors (Lipinski definition) is 1. The number of hydrogen-bond acceptors (Lipinski definition) is 3. The summed E-state index contributed by atoms with van der Waals surface area (Å²) < 4.78 is 5.97. The Hall–Kier alpha value is -2.82. The average molecular weight is 393 g/mol. The number of aromatic carboxylic acids is 1. The number of amides is 1. The molecule has 1 amide bonds. The average Bonchev–Trinajstić information content (AvgIpc) is 3.05. The van der Waals surface area contributed by atoms with Gasteiger partial charge in [0.2, 0.25) is 5.91 Å². The molecule has 5 nitrogen and oxygen atoms in total. The normalized spacial score (nSPS) is 19.7. The molecule has 0 unspecified atom stereocenters. The predicted molar refractivity (Wildman–Crippen MR) is 114 cm³/mol. The van der Waals surface area contributed by atoms with E-state index in [1.165, 1.54) is 0 Å². The van der Waals surface area contributed by atoms with Crippen LogP contribution in [0.5, 0.6) is 0 Å². The third-order valence-electron chi connectivity index (χ3n) is 6.10. The van der Waals surface area contributed by atoms with Crippen LogP contribution in [0.4, 0.5) is 5.69 Å². The van der Waals surface area contributed by atoms with Gasteiger partial charge >= 0.3 is 5.97 Å². The van der Waals surface area contributed by atoms with Crippen molar-refractivity contribution in [2.75, 3.05) is 4.90 Å². The molecule has 1 aliphatic rings. The first-order valence-corrected chi connectivity index (χ1v) is 10.4. The maximum Gasteiger partial charge on any atom is 0.337 e. The number of benzene rings is 2. The van der Waals surface area contributed by atoms with E-state index in [2.05, 4.69) is 6.92 Å². The number of carboxylic acids is 1. The molecule has 0 bridgehead atoms. The second kappa shape index (κ2) is 7.54. The zero-order chi connectivity index (χ0) is 20.7. The Kier molecular flexibility index (Phi) is 5.07. The zero-order valence-electron chi connectivity index (χ0n) is 17.1. The summed E-state index contributed by atoms with van der Waals surface area (Å²) in [7, 11) is 0. The van der Waals surface area contributed by atoms with Crippen molar-refractivity contribution in [3.63, 3.8) is 0 Å². The summed E-state index contributed by atoms with van der Waals surface area (Å²) in [5.41, 5.74) is 1.86. The molecule has 152 valence electrons. The molecule has 1 N–H and O–H groups in total. The van der Waals surface area contributed by atoms with E-state index in [1.54, 1.807) is 17.0 Å². The summed E-state index contributed by atoms with van der Waals surface area (Å²) >= 11 is 0. The van der Waals surface area contributed by atoms with Crippen LogP contribution in [-0.2, 0) is 4.79 Å². The van der Waals surface area contributed by atoms with Gasteiger partial charge < -0.3 is 14.4 Å². The van der Waals surface area contributed by atoms with Crippen molar-refractivity contribution >= 4 is 39.5 Å². The third-order valence-corrected chi connectivity index (χ3v) is 6.10. The number of para-hydroxylation sites is 1. The molecule has 0 aliphatic heterocycles. The Morgan fingerprint density at radius 2 is 1.72 bits per heavy atom. The smallest absolute Gasteiger partial charge is 0.337 e. The number of furan rings is 1. The Morgan fingerprint density at radius 1 is 1.03 bits per heavy atom. The van der Waals surface area contributed by atoms with Crippen LogP contribution in [0.15, 0.2) is 40.8 Å². The second-order valence-corrected chi connectivity index (χ2v) is 8.53. The van der Waals surface area contributed by atoms with Crippen LogP contribution >= 0.6 is 0 Å². The van der Waals surface area contributed by atoms with Crippen LogP contribution in [0.1, 0.15) is 56.8 Å². The quantitative estimate of drug-likeness (QED) is 0.603. The lowest BCUT2D eigenvalue weighted by Crippen LogP contribution is -2.42. The van der Waals surface area contributed by atoms with Gasteiger partial charge in [-0.1, -0.05) is 25.1 Å². The van der Waals surface area contributed by atoms with Crippen LogP contribution in [-0.4, -0.2) is 23.0 Å². The number of rotatable bonds is 4. The van der Waals surface area contributed by atoms with Gasteiger partial charge in [0.1, 0.15) is 11.2 Å². The number of carboxylic acid groups (broad SMARTS) is 1. The molecule has 1 heterocycles. The molecule has 0 atom stereocenters. The van der Waals surface area contributed by atoms with Crippen LogP contribution in [0.25, 0.3) is 21.9 Å². The highest BCUT2D eigenvalue weighted by Gasteiger charge is 2.32. The van der Waals surface area contributed by atoms with Crippen molar-refractivity contribution in [2.45, 2.75) is 52.5 Å². The molecule has 4 rings (SSSR count). The lowest BCUT2D eigenvalue weighted by Gasteiger charge is -2.34. The SMILES string of the molecule is CC1CCC(C(=O)N(c2cc3oc4ccccc4c3cc2C(=O)O)C(C)C)CC1. The topological polar surface area (TPSA) is 70.8 Å². The summed E-state index contributed by atoms with van der Waals surface area (Å²) in [5.74, 6) is -0.428. The van der Waals surface area contributed by atoms with E-state index in [0.29, 0.717) is 22.8 Å². The van der Waals surface area contributed by atoms with Gasteiger partial charge in [-0.05, 0) is 57.6 Å². The van der Waals surface area contributed by atoms with Crippen molar-refractivity contribution in [2.24, 2.45) is 11.8 Å². The fraction of sp³-hybridized carbons (Fsp3) is 0.417. The highest BCUT2D eigenvalue weighted by Crippen LogP contribution is 2.37. The molecule has 1 aliphatic carbocycles. The summed E-state index contributed by atoms with van der Waals surface area (Å²) in [4.78, 5) is 27.2. The molecule has 0 radical (unpaired) electrons. The predicted octanol–water partition coefficient (Wildman–Crippen LogP) is 5.85. The van der Waals surface area contributed by atoms with Gasteiger partial charge in [-0.2, -0.15) is 0 Å². The van der Waals surface area contributed by atoms with E-state index in [1.807, 2.05) is 38.1 Å². The molecule has 1 fully saturated rings. The van der Waals surface area contributed by atoms with Crippen molar-refractivity contribution < 1.29 is 19.1 Å². The molecule has 29 heavy (non-hydrogen) atoms. The number of fused-ring (bicyclic) bond motifs is 3. The lowest BCUT2D eigenvalue weighted by atomic mass is 9.82. The van der Waals surface area contributed by atoms with E-state index in [0.717, 1.165) is 36.5 Å². The maximum absolute atomic E-state index is 13.4. The number of carbonyl (C=O) groups is 2. The molecule has 3 aromatic rings. The summed E-state index contributed by atoms with van der Waals surface area (Å²) in [6, 6.07) is 10.8. The minimum absolute atomic E-state index is 0.0184. The molecule has 1 saturated carbocycles. The molecular weight excluding hydrogens is 366 g/mol. The van der Waals surface area contributed by atoms with Gasteiger partial charge in [0.15, 0.2) is 0 Å². The first-order chi connectivity index (χ1) is 13.9. The molecule has 0 saturated heterocycles. The van der Waals surface area contributed by atoms with E-state index in [9.17, 15) is 14.7 Å². The van der Waals surface area contributed by atoms with Gasteiger partial charge in [0.05, 0.1) is 11.3 Å². The summed E-state index contributed by atoms with van der Waals surface area (Å²) in [5, 5.41) is 11.6. The van der Waals surface area contributed by atoms with Crippen LogP contribution in [0.2, 0.25) is 0 Å². The van der Waals surface area contributed by atoms with Gasteiger partial charge in [-0.25, -0.2) is 4.79 Å². The van der Waals surface area contributed by atoms with Gasteiger partial charge in [-0.15, -0.1) is 0 Å². The van der Waals surface area contributed by atoms with E-state index in [4.69, 9.17) is 4.42 Å². The number of carbonyl (C=O) groups excluding carboxylic acids is 1. The monoisotopic (exact) mass is 393 g/mol. The van der Waals surface area contributed by atoms with Crippen LogP contribution in [0, 0.1) is 11.8 Å². The van der Waals surface area contributed by atoms with E-state index >= 15 is 0 Å². The Balaban J connectivity index is 1.84. The largest absolute Gasteiger partial charge is 0.478 e. The molecular formula is C24H27NO4. The van der Waals surface area contributed by atoms with E-state index < -0.39 is 5.97 Å². The van der Waals surface area contributed by atoms with Crippen molar-refractivity contribution in [1.29, 1.82) is 0 Å². The summed E-state index contributed by atoms with van der Waals surface area (Å²) in [6.07, 6.45) is 3.80. The number of nitrogens with zero attached hydrogens (tertiary/aromatic N) is 1. The Bertz CT molecular complexity index is 1070. The molecule has 5 heteroatoms. The third kappa shape index (κ3) is 3.50. The maximum atomic E-state index is 13.4. The van der Waals surface area contributed by atoms with Gasteiger partial charge in [-0.3, -0.25) is 4.79 Å². The minimum Gasteiger partial charge on any atom is -0.478 e. The Labute approximate surface area is 170 Å². The first kappa shape index (κ1) is 19.5. The highest BCUT2D eigenvalue weighted by molar-refractivity contribution is 6.12. The van der Waals surface area contributed by atoms with E-state index in [-0.39, 0.29) is 23.4 Å². The fourth-order valence-corrected chi connectivity index (χ4v) is 4.49. The van der Waals surface area contributed by atoms with Crippen molar-refractivity contribution in [1.82, 2.24) is 0 Å². The van der Waals surface area contributed by atoms with Crippen molar-refractivity contribution in [3.05, 3.63) is 42.0 Å². The standard InChI is InChI=1S/C24H27NO4/c1-14(2)25(23(26)16-10-8-15(3)9-11-16)20-13-22-18(12-19(20)24(27)28)17-6-4-5-7-21(17)29-22/h4-7,12-16H,8-11H2,1-3H3,(H,27,28).